The van der Waals surface area contributed by atoms with Crippen LogP contribution in [0.2, 0.25) is 0 Å². The molecule has 0 atom stereocenters. The Morgan fingerprint density at radius 1 is 1.20 bits per heavy atom. The van der Waals surface area contributed by atoms with Crippen LogP contribution in [0.4, 0.5) is 5.69 Å². The summed E-state index contributed by atoms with van der Waals surface area (Å²) in [5.74, 6) is 0.808. The number of nitrogens with zero attached hydrogens (tertiary/aromatic N) is 1. The lowest BCUT2D eigenvalue weighted by Gasteiger charge is -2.28. The molecule has 20 heavy (non-hydrogen) atoms. The minimum atomic E-state index is 0.438. The molecule has 2 nitrogen and oxygen atoms in total. The third kappa shape index (κ3) is 3.17. The van der Waals surface area contributed by atoms with Crippen molar-refractivity contribution in [2.75, 3.05) is 18.8 Å². The van der Waals surface area contributed by atoms with Crippen LogP contribution in [-0.2, 0) is 5.41 Å². The van der Waals surface area contributed by atoms with Gasteiger partial charge in [-0.3, -0.25) is 4.90 Å². The summed E-state index contributed by atoms with van der Waals surface area (Å²) in [6.45, 7) is 7.20. The Morgan fingerprint density at radius 2 is 1.85 bits per heavy atom. The molecule has 0 aromatic heterocycles. The van der Waals surface area contributed by atoms with Crippen LogP contribution in [0.3, 0.4) is 0 Å². The highest BCUT2D eigenvalue weighted by Gasteiger charge is 2.47. The zero-order valence-corrected chi connectivity index (χ0v) is 12.9. The van der Waals surface area contributed by atoms with E-state index in [1.165, 1.54) is 50.8 Å². The van der Waals surface area contributed by atoms with E-state index in [0.29, 0.717) is 5.41 Å². The van der Waals surface area contributed by atoms with Crippen LogP contribution in [-0.4, -0.2) is 24.0 Å². The van der Waals surface area contributed by atoms with E-state index >= 15 is 0 Å². The molecule has 3 rings (SSSR count). The monoisotopic (exact) mass is 272 g/mol. The van der Waals surface area contributed by atoms with Gasteiger partial charge >= 0.3 is 0 Å². The quantitative estimate of drug-likeness (QED) is 0.765. The summed E-state index contributed by atoms with van der Waals surface area (Å²) in [6, 6.07) is 9.49. The molecule has 0 aliphatic heterocycles. The largest absolute Gasteiger partial charge is 0.399 e. The van der Waals surface area contributed by atoms with Gasteiger partial charge in [0.25, 0.3) is 0 Å². The van der Waals surface area contributed by atoms with Crippen molar-refractivity contribution >= 4 is 5.69 Å². The standard InChI is InChI=1S/C18H28N2/c1-14(2)9-12-20(17-7-8-17)13-18(10-11-18)15-3-5-16(19)6-4-15/h3-6,14,17H,7-13,19H2,1-2H3. The second kappa shape index (κ2) is 5.40. The SMILES string of the molecule is CC(C)CCN(CC1(c2ccc(N)cc2)CC1)C1CC1. The molecule has 2 saturated carbocycles. The molecule has 1 aromatic rings. The zero-order chi connectivity index (χ0) is 14.2. The molecule has 0 bridgehead atoms. The van der Waals surface area contributed by atoms with Crippen LogP contribution in [0.5, 0.6) is 0 Å². The van der Waals surface area contributed by atoms with Crippen molar-refractivity contribution in [2.24, 2.45) is 5.92 Å². The van der Waals surface area contributed by atoms with Crippen LogP contribution in [0.15, 0.2) is 24.3 Å². The summed E-state index contributed by atoms with van der Waals surface area (Å²) in [6.07, 6.45) is 6.85. The topological polar surface area (TPSA) is 29.3 Å². The lowest BCUT2D eigenvalue weighted by atomic mass is 9.94. The molecular formula is C18H28N2. The Balaban J connectivity index is 1.66. The van der Waals surface area contributed by atoms with Gasteiger partial charge in [0.1, 0.15) is 0 Å². The van der Waals surface area contributed by atoms with Gasteiger partial charge in [-0.15, -0.1) is 0 Å². The van der Waals surface area contributed by atoms with Crippen LogP contribution in [0, 0.1) is 5.92 Å². The Kier molecular flexibility index (Phi) is 3.76. The number of hydrogen-bond acceptors (Lipinski definition) is 2. The molecule has 0 spiro atoms. The van der Waals surface area contributed by atoms with Crippen molar-refractivity contribution in [3.05, 3.63) is 29.8 Å². The summed E-state index contributed by atoms with van der Waals surface area (Å²) in [4.78, 5) is 2.77. The van der Waals surface area contributed by atoms with E-state index < -0.39 is 0 Å². The molecule has 2 aliphatic carbocycles. The summed E-state index contributed by atoms with van der Waals surface area (Å²) in [5.41, 5.74) is 8.64. The van der Waals surface area contributed by atoms with Crippen LogP contribution in [0.1, 0.15) is 51.5 Å². The first kappa shape index (κ1) is 13.9. The third-order valence-electron chi connectivity index (χ3n) is 4.94. The summed E-state index contributed by atoms with van der Waals surface area (Å²) >= 11 is 0. The van der Waals surface area contributed by atoms with E-state index in [4.69, 9.17) is 5.73 Å². The number of nitrogen functional groups attached to an aromatic ring is 1. The average molecular weight is 272 g/mol. The Hall–Kier alpha value is -1.02. The van der Waals surface area contributed by atoms with Crippen molar-refractivity contribution in [3.8, 4) is 0 Å². The normalized spacial score (nSPS) is 20.6. The predicted octanol–water partition coefficient (Wildman–Crippen LogP) is 3.81. The average Bonchev–Trinajstić information content (AvgIpc) is 3.29. The molecular weight excluding hydrogens is 244 g/mol. The third-order valence-corrected chi connectivity index (χ3v) is 4.94. The number of nitrogens with two attached hydrogens (primary N) is 1. The second-order valence-electron chi connectivity index (χ2n) is 7.29. The van der Waals surface area contributed by atoms with Crippen molar-refractivity contribution < 1.29 is 0 Å². The Bertz CT molecular complexity index is 441. The molecule has 0 unspecified atom stereocenters. The predicted molar refractivity (Wildman–Crippen MR) is 85.8 cm³/mol. The second-order valence-corrected chi connectivity index (χ2v) is 7.29. The van der Waals surface area contributed by atoms with Crippen molar-refractivity contribution in [2.45, 2.75) is 57.4 Å². The lowest BCUT2D eigenvalue weighted by molar-refractivity contribution is 0.226. The molecule has 0 saturated heterocycles. The highest BCUT2D eigenvalue weighted by atomic mass is 15.2. The van der Waals surface area contributed by atoms with E-state index in [0.717, 1.165) is 17.6 Å². The fourth-order valence-electron chi connectivity index (χ4n) is 3.17. The van der Waals surface area contributed by atoms with Gasteiger partial charge in [-0.25, -0.2) is 0 Å². The summed E-state index contributed by atoms with van der Waals surface area (Å²) < 4.78 is 0. The first-order valence-corrected chi connectivity index (χ1v) is 8.19. The van der Waals surface area contributed by atoms with E-state index in [9.17, 15) is 0 Å². The molecule has 2 heteroatoms. The molecule has 2 fully saturated rings. The van der Waals surface area contributed by atoms with E-state index in [1.54, 1.807) is 0 Å². The molecule has 110 valence electrons. The minimum Gasteiger partial charge on any atom is -0.399 e. The maximum atomic E-state index is 5.82. The molecule has 0 radical (unpaired) electrons. The van der Waals surface area contributed by atoms with Gasteiger partial charge in [-0.2, -0.15) is 0 Å². The number of benzene rings is 1. The first-order valence-electron chi connectivity index (χ1n) is 8.19. The number of rotatable bonds is 7. The lowest BCUT2D eigenvalue weighted by Crippen LogP contribution is -2.35. The molecule has 2 aliphatic rings. The van der Waals surface area contributed by atoms with Gasteiger partial charge in [0.15, 0.2) is 0 Å². The fraction of sp³-hybridized carbons (Fsp3) is 0.667. The summed E-state index contributed by atoms with van der Waals surface area (Å²) in [7, 11) is 0. The zero-order valence-electron chi connectivity index (χ0n) is 12.9. The fourth-order valence-corrected chi connectivity index (χ4v) is 3.17. The van der Waals surface area contributed by atoms with Gasteiger partial charge in [-0.1, -0.05) is 26.0 Å². The van der Waals surface area contributed by atoms with Crippen LogP contribution < -0.4 is 5.73 Å². The smallest absolute Gasteiger partial charge is 0.0314 e. The van der Waals surface area contributed by atoms with E-state index in [2.05, 4.69) is 43.0 Å². The highest BCUT2D eigenvalue weighted by Crippen LogP contribution is 2.50. The Morgan fingerprint density at radius 3 is 2.35 bits per heavy atom. The first-order chi connectivity index (χ1) is 9.59. The molecule has 0 heterocycles. The van der Waals surface area contributed by atoms with E-state index in [1.807, 2.05) is 0 Å². The van der Waals surface area contributed by atoms with Crippen LogP contribution >= 0.6 is 0 Å². The van der Waals surface area contributed by atoms with Crippen molar-refractivity contribution in [3.63, 3.8) is 0 Å². The number of anilines is 1. The molecule has 2 N–H and O–H groups in total. The summed E-state index contributed by atoms with van der Waals surface area (Å²) in [5, 5.41) is 0. The van der Waals surface area contributed by atoms with Gasteiger partial charge in [0.05, 0.1) is 0 Å². The maximum Gasteiger partial charge on any atom is 0.0314 e. The molecule has 0 amide bonds. The van der Waals surface area contributed by atoms with E-state index in [-0.39, 0.29) is 0 Å². The van der Waals surface area contributed by atoms with Gasteiger partial charge in [-0.05, 0) is 62.3 Å². The maximum absolute atomic E-state index is 5.82. The van der Waals surface area contributed by atoms with Gasteiger partial charge in [0.2, 0.25) is 0 Å². The van der Waals surface area contributed by atoms with Crippen LogP contribution in [0.25, 0.3) is 0 Å². The van der Waals surface area contributed by atoms with Gasteiger partial charge in [0, 0.05) is 23.7 Å². The van der Waals surface area contributed by atoms with Crippen molar-refractivity contribution in [1.29, 1.82) is 0 Å². The minimum absolute atomic E-state index is 0.438. The van der Waals surface area contributed by atoms with Crippen molar-refractivity contribution in [1.82, 2.24) is 4.90 Å². The molecule has 1 aromatic carbocycles. The number of hydrogen-bond donors (Lipinski definition) is 1. The highest BCUT2D eigenvalue weighted by molar-refractivity contribution is 5.43. The van der Waals surface area contributed by atoms with Gasteiger partial charge < -0.3 is 5.73 Å². The Labute approximate surface area is 123 Å².